The van der Waals surface area contributed by atoms with Crippen LogP contribution in [0.5, 0.6) is 11.5 Å². The van der Waals surface area contributed by atoms with E-state index >= 15 is 0 Å². The summed E-state index contributed by atoms with van der Waals surface area (Å²) in [5.41, 5.74) is -0.803. The summed E-state index contributed by atoms with van der Waals surface area (Å²) in [6, 6.07) is 12.5. The van der Waals surface area contributed by atoms with Gasteiger partial charge in [-0.05, 0) is 46.3 Å². The number of aromatic nitrogens is 2. The van der Waals surface area contributed by atoms with E-state index in [4.69, 9.17) is 25.8 Å². The molecule has 1 amide bonds. The highest BCUT2D eigenvalue weighted by Gasteiger charge is 2.31. The zero-order valence-corrected chi connectivity index (χ0v) is 24.9. The third kappa shape index (κ3) is 6.53. The maximum atomic E-state index is 13.5. The standard InChI is InChI=1S/C29H23BrClF3N4O5/c1-41-22-14-18(24(30)25(31)26(22)43-16-23(39)37-9-11-42-12-10-37)15-35-38-27(17-5-4-6-19(13-17)29(32,33)34)36-21-8-3-2-7-20(21)28(38)40/h2-8,13-15H,9-12,16H2,1H3. The molecule has 0 radical (unpaired) electrons. The molecule has 0 N–H and O–H groups in total. The summed E-state index contributed by atoms with van der Waals surface area (Å²) in [7, 11) is 1.39. The molecule has 1 aliphatic heterocycles. The van der Waals surface area contributed by atoms with Crippen LogP contribution in [-0.2, 0) is 15.7 Å². The quantitative estimate of drug-likeness (QED) is 0.235. The lowest BCUT2D eigenvalue weighted by molar-refractivity contribution is -0.138. The molecular formula is C29H23BrClF3N4O5. The van der Waals surface area contributed by atoms with E-state index < -0.39 is 17.3 Å². The number of halogens is 5. The van der Waals surface area contributed by atoms with Crippen LogP contribution in [-0.4, -0.2) is 66.7 Å². The van der Waals surface area contributed by atoms with E-state index in [2.05, 4.69) is 26.0 Å². The van der Waals surface area contributed by atoms with Crippen molar-refractivity contribution < 1.29 is 32.2 Å². The van der Waals surface area contributed by atoms with Crippen LogP contribution in [0.1, 0.15) is 11.1 Å². The number of para-hydroxylation sites is 1. The zero-order valence-electron chi connectivity index (χ0n) is 22.5. The highest BCUT2D eigenvalue weighted by Crippen LogP contribution is 2.42. The van der Waals surface area contributed by atoms with Crippen LogP contribution < -0.4 is 15.0 Å². The molecule has 0 atom stereocenters. The van der Waals surface area contributed by atoms with Crippen molar-refractivity contribution >= 4 is 50.6 Å². The van der Waals surface area contributed by atoms with Gasteiger partial charge in [-0.3, -0.25) is 9.59 Å². The van der Waals surface area contributed by atoms with Crippen molar-refractivity contribution in [1.82, 2.24) is 14.6 Å². The molecule has 224 valence electrons. The number of alkyl halides is 3. The number of methoxy groups -OCH3 is 1. The van der Waals surface area contributed by atoms with Crippen molar-refractivity contribution in [3.05, 3.63) is 85.6 Å². The molecule has 2 heterocycles. The van der Waals surface area contributed by atoms with Crippen molar-refractivity contribution in [3.8, 4) is 22.9 Å². The normalized spacial score (nSPS) is 14.0. The summed E-state index contributed by atoms with van der Waals surface area (Å²) >= 11 is 9.99. The number of hydrogen-bond donors (Lipinski definition) is 0. The summed E-state index contributed by atoms with van der Waals surface area (Å²) in [6.07, 6.45) is -3.31. The lowest BCUT2D eigenvalue weighted by atomic mass is 10.1. The van der Waals surface area contributed by atoms with Gasteiger partial charge in [0.05, 0.1) is 43.0 Å². The zero-order chi connectivity index (χ0) is 30.7. The SMILES string of the molecule is COc1cc(C=Nn2c(-c3cccc(C(F)(F)F)c3)nc3ccccc3c2=O)c(Br)c(Cl)c1OCC(=O)N1CCOCC1. The highest BCUT2D eigenvalue weighted by atomic mass is 79.9. The Morgan fingerprint density at radius 2 is 1.91 bits per heavy atom. The molecule has 0 unspecified atom stereocenters. The molecule has 0 aliphatic carbocycles. The molecule has 43 heavy (non-hydrogen) atoms. The van der Waals surface area contributed by atoms with Gasteiger partial charge in [0.15, 0.2) is 23.9 Å². The lowest BCUT2D eigenvalue weighted by Crippen LogP contribution is -2.43. The minimum atomic E-state index is -4.60. The third-order valence-electron chi connectivity index (χ3n) is 6.59. The monoisotopic (exact) mass is 678 g/mol. The molecule has 14 heteroatoms. The van der Waals surface area contributed by atoms with E-state index in [0.29, 0.717) is 41.9 Å². The number of rotatable bonds is 7. The number of ether oxygens (including phenoxy) is 3. The number of fused-ring (bicyclic) bond motifs is 1. The fourth-order valence-electron chi connectivity index (χ4n) is 4.39. The average Bonchev–Trinajstić information content (AvgIpc) is 3.01. The van der Waals surface area contributed by atoms with Gasteiger partial charge in [0, 0.05) is 28.7 Å². The van der Waals surface area contributed by atoms with Gasteiger partial charge in [0.2, 0.25) is 0 Å². The van der Waals surface area contributed by atoms with E-state index in [1.165, 1.54) is 31.5 Å². The lowest BCUT2D eigenvalue weighted by Gasteiger charge is -2.27. The molecule has 0 bridgehead atoms. The van der Waals surface area contributed by atoms with E-state index in [9.17, 15) is 22.8 Å². The number of hydrogen-bond acceptors (Lipinski definition) is 7. The molecular weight excluding hydrogens is 657 g/mol. The largest absolute Gasteiger partial charge is 0.493 e. The minimum Gasteiger partial charge on any atom is -0.493 e. The van der Waals surface area contributed by atoms with Gasteiger partial charge < -0.3 is 19.1 Å². The van der Waals surface area contributed by atoms with Crippen LogP contribution in [0.2, 0.25) is 5.02 Å². The predicted molar refractivity (Wildman–Crippen MR) is 158 cm³/mol. The molecule has 1 saturated heterocycles. The van der Waals surface area contributed by atoms with E-state index in [1.54, 1.807) is 29.2 Å². The fourth-order valence-corrected chi connectivity index (χ4v) is 5.05. The summed E-state index contributed by atoms with van der Waals surface area (Å²) in [6.45, 7) is 1.52. The summed E-state index contributed by atoms with van der Waals surface area (Å²) in [5, 5.41) is 4.62. The van der Waals surface area contributed by atoms with Crippen molar-refractivity contribution in [1.29, 1.82) is 0 Å². The molecule has 1 fully saturated rings. The van der Waals surface area contributed by atoms with E-state index in [-0.39, 0.29) is 45.8 Å². The van der Waals surface area contributed by atoms with Crippen LogP contribution in [0.15, 0.2) is 69.0 Å². The first kappa shape index (κ1) is 30.5. The van der Waals surface area contributed by atoms with E-state index in [1.807, 2.05) is 0 Å². The van der Waals surface area contributed by atoms with Crippen molar-refractivity contribution in [3.63, 3.8) is 0 Å². The van der Waals surface area contributed by atoms with Gasteiger partial charge in [-0.1, -0.05) is 35.9 Å². The Kier molecular flexibility index (Phi) is 9.04. The van der Waals surface area contributed by atoms with Crippen molar-refractivity contribution in [2.45, 2.75) is 6.18 Å². The number of nitrogens with zero attached hydrogens (tertiary/aromatic N) is 4. The number of morpholine rings is 1. The Balaban J connectivity index is 1.53. The topological polar surface area (TPSA) is 95.2 Å². The van der Waals surface area contributed by atoms with Crippen LogP contribution in [0.3, 0.4) is 0 Å². The molecule has 1 aliphatic rings. The van der Waals surface area contributed by atoms with Gasteiger partial charge in [-0.25, -0.2) is 4.98 Å². The first-order valence-electron chi connectivity index (χ1n) is 12.9. The molecule has 3 aromatic carbocycles. The number of carbonyl (C=O) groups is 1. The molecule has 4 aromatic rings. The van der Waals surface area contributed by atoms with Crippen molar-refractivity contribution in [2.75, 3.05) is 40.0 Å². The summed E-state index contributed by atoms with van der Waals surface area (Å²) in [5.74, 6) is -0.0363. The number of carbonyl (C=O) groups excluding carboxylic acids is 1. The first-order valence-corrected chi connectivity index (χ1v) is 14.0. The molecule has 9 nitrogen and oxygen atoms in total. The average molecular weight is 680 g/mol. The second-order valence-electron chi connectivity index (χ2n) is 9.30. The van der Waals surface area contributed by atoms with Crippen LogP contribution >= 0.6 is 27.5 Å². The third-order valence-corrected chi connectivity index (χ3v) is 8.04. The smallest absolute Gasteiger partial charge is 0.416 e. The maximum absolute atomic E-state index is 13.5. The Hall–Kier alpha value is -3.94. The summed E-state index contributed by atoms with van der Waals surface area (Å²) in [4.78, 5) is 32.2. The highest BCUT2D eigenvalue weighted by molar-refractivity contribution is 9.10. The Labute approximate surface area is 256 Å². The van der Waals surface area contributed by atoms with Crippen LogP contribution in [0.25, 0.3) is 22.3 Å². The van der Waals surface area contributed by atoms with Gasteiger partial charge in [0.1, 0.15) is 5.02 Å². The van der Waals surface area contributed by atoms with Gasteiger partial charge in [0.25, 0.3) is 11.5 Å². The molecule has 0 saturated carbocycles. The van der Waals surface area contributed by atoms with Gasteiger partial charge in [-0.15, -0.1) is 0 Å². The second-order valence-corrected chi connectivity index (χ2v) is 10.5. The van der Waals surface area contributed by atoms with Gasteiger partial charge in [-0.2, -0.15) is 22.9 Å². The predicted octanol–water partition coefficient (Wildman–Crippen LogP) is 5.63. The minimum absolute atomic E-state index is 0.0400. The second kappa shape index (κ2) is 12.7. The van der Waals surface area contributed by atoms with Crippen LogP contribution in [0, 0.1) is 0 Å². The number of benzene rings is 3. The molecule has 1 aromatic heterocycles. The first-order chi connectivity index (χ1) is 20.6. The maximum Gasteiger partial charge on any atom is 0.416 e. The molecule has 5 rings (SSSR count). The summed E-state index contributed by atoms with van der Waals surface area (Å²) < 4.78 is 58.1. The Morgan fingerprint density at radius 3 is 2.63 bits per heavy atom. The fraction of sp³-hybridized carbons (Fsp3) is 0.241. The number of amides is 1. The Bertz CT molecular complexity index is 1770. The van der Waals surface area contributed by atoms with Gasteiger partial charge >= 0.3 is 6.18 Å². The Morgan fingerprint density at radius 1 is 1.16 bits per heavy atom. The van der Waals surface area contributed by atoms with Crippen molar-refractivity contribution in [2.24, 2.45) is 5.10 Å². The molecule has 0 spiro atoms. The van der Waals surface area contributed by atoms with E-state index in [0.717, 1.165) is 16.8 Å². The van der Waals surface area contributed by atoms with Crippen LogP contribution in [0.4, 0.5) is 13.2 Å².